The Balaban J connectivity index is 1.91. The van der Waals surface area contributed by atoms with Crippen molar-refractivity contribution in [3.8, 4) is 11.5 Å². The summed E-state index contributed by atoms with van der Waals surface area (Å²) in [6, 6.07) is 17.5. The molecule has 1 N–H and O–H groups in total. The summed E-state index contributed by atoms with van der Waals surface area (Å²) in [4.78, 5) is 4.09. The fourth-order valence-electron chi connectivity index (χ4n) is 3.31. The summed E-state index contributed by atoms with van der Waals surface area (Å²) in [6.07, 6.45) is 0.0628. The molecular weight excluding hydrogens is 464 g/mol. The number of rotatable bonds is 10. The van der Waals surface area contributed by atoms with Crippen molar-refractivity contribution in [2.24, 2.45) is 0 Å². The Morgan fingerprint density at radius 2 is 1.39 bits per heavy atom. The summed E-state index contributed by atoms with van der Waals surface area (Å²) in [6.45, 7) is 1.73. The van der Waals surface area contributed by atoms with E-state index in [4.69, 9.17) is 21.1 Å². The zero-order chi connectivity index (χ0) is 24.0. The summed E-state index contributed by atoms with van der Waals surface area (Å²) in [5, 5.41) is 10.1. The van der Waals surface area contributed by atoms with Gasteiger partial charge in [0.1, 0.15) is 22.9 Å². The van der Waals surface area contributed by atoms with Crippen molar-refractivity contribution in [1.29, 1.82) is 0 Å². The molecule has 3 aromatic rings. The number of aliphatic hydroxyl groups excluding tert-OH is 1. The highest BCUT2D eigenvalue weighted by molar-refractivity contribution is 7.89. The highest BCUT2D eigenvalue weighted by Crippen LogP contribution is 2.27. The van der Waals surface area contributed by atoms with Gasteiger partial charge in [0.25, 0.3) is 0 Å². The zero-order valence-electron chi connectivity index (χ0n) is 18.7. The van der Waals surface area contributed by atoms with Crippen LogP contribution < -0.4 is 9.47 Å². The molecule has 2 atom stereocenters. The van der Waals surface area contributed by atoms with Crippen LogP contribution in [-0.4, -0.2) is 42.3 Å². The quantitative estimate of drug-likeness (QED) is 0.458. The second kappa shape index (κ2) is 11.0. The number of sulfonamides is 1. The number of hydrogen-bond acceptors (Lipinski definition) is 6. The maximum atomic E-state index is 13.6. The van der Waals surface area contributed by atoms with E-state index in [0.29, 0.717) is 16.5 Å². The molecule has 0 aliphatic rings. The van der Waals surface area contributed by atoms with Crippen molar-refractivity contribution in [3.05, 3.63) is 88.7 Å². The molecule has 0 saturated carbocycles. The molecule has 1 heterocycles. The number of nitrogens with zero attached hydrogens (tertiary/aromatic N) is 2. The lowest BCUT2D eigenvalue weighted by Gasteiger charge is -2.28. The first kappa shape index (κ1) is 25.0. The number of benzene rings is 2. The van der Waals surface area contributed by atoms with E-state index in [1.165, 1.54) is 23.5 Å². The Bertz CT molecular complexity index is 1090. The number of hydrogen-bond donors (Lipinski definition) is 1. The van der Waals surface area contributed by atoms with Crippen LogP contribution in [0.5, 0.6) is 11.5 Å². The second-order valence-corrected chi connectivity index (χ2v) is 10.3. The summed E-state index contributed by atoms with van der Waals surface area (Å²) >= 11 is 5.87. The molecule has 33 heavy (non-hydrogen) atoms. The Labute approximate surface area is 199 Å². The molecule has 7 nitrogen and oxygen atoms in total. The Morgan fingerprint density at radius 1 is 0.909 bits per heavy atom. The lowest BCUT2D eigenvalue weighted by molar-refractivity contribution is 0.167. The number of aromatic nitrogens is 1. The van der Waals surface area contributed by atoms with Gasteiger partial charge in [-0.15, -0.1) is 0 Å². The first-order chi connectivity index (χ1) is 15.7. The van der Waals surface area contributed by atoms with E-state index in [0.717, 1.165) is 11.1 Å². The first-order valence-corrected chi connectivity index (χ1v) is 12.2. The van der Waals surface area contributed by atoms with Gasteiger partial charge in [-0.25, -0.2) is 8.42 Å². The van der Waals surface area contributed by atoms with Gasteiger partial charge in [-0.2, -0.15) is 4.31 Å². The standard InChI is InChI=1S/C24H27ClN2O5S/c1-17(24(28)23-13-8-20(25)14-26-23)33(29,30)27(15-18-4-9-21(31-2)10-5-18)16-19-6-11-22(32-3)12-7-19/h4-14,17,24,28H,15-16H2,1-3H3/t17-,24+/m0/s1. The average molecular weight is 491 g/mol. The monoisotopic (exact) mass is 490 g/mol. The van der Waals surface area contributed by atoms with E-state index in [1.807, 2.05) is 24.3 Å². The van der Waals surface area contributed by atoms with E-state index >= 15 is 0 Å². The van der Waals surface area contributed by atoms with Gasteiger partial charge >= 0.3 is 0 Å². The van der Waals surface area contributed by atoms with Gasteiger partial charge in [0.2, 0.25) is 10.0 Å². The maximum Gasteiger partial charge on any atom is 0.220 e. The van der Waals surface area contributed by atoms with E-state index in [1.54, 1.807) is 44.6 Å². The molecule has 9 heteroatoms. The minimum absolute atomic E-state index is 0.128. The molecule has 0 spiro atoms. The van der Waals surface area contributed by atoms with Crippen LogP contribution in [-0.2, 0) is 23.1 Å². The fourth-order valence-corrected chi connectivity index (χ4v) is 5.01. The molecule has 0 unspecified atom stereocenters. The van der Waals surface area contributed by atoms with Gasteiger partial charge in [0.15, 0.2) is 0 Å². The molecule has 0 amide bonds. The SMILES string of the molecule is COc1ccc(CN(Cc2ccc(OC)cc2)S(=O)(=O)[C@@H](C)[C@@H](O)c2ccc(Cl)cn2)cc1. The lowest BCUT2D eigenvalue weighted by atomic mass is 10.2. The highest BCUT2D eigenvalue weighted by Gasteiger charge is 2.35. The van der Waals surface area contributed by atoms with Crippen molar-refractivity contribution in [3.63, 3.8) is 0 Å². The largest absolute Gasteiger partial charge is 0.497 e. The summed E-state index contributed by atoms with van der Waals surface area (Å²) < 4.78 is 39.0. The van der Waals surface area contributed by atoms with Crippen LogP contribution in [0.2, 0.25) is 5.02 Å². The number of halogens is 1. The molecule has 2 aromatic carbocycles. The van der Waals surface area contributed by atoms with Crippen LogP contribution in [0.4, 0.5) is 0 Å². The van der Waals surface area contributed by atoms with Gasteiger partial charge < -0.3 is 14.6 Å². The summed E-state index contributed by atoms with van der Waals surface area (Å²) in [7, 11) is -0.793. The second-order valence-electron chi connectivity index (χ2n) is 7.56. The molecule has 0 bridgehead atoms. The predicted octanol–water partition coefficient (Wildman–Crippen LogP) is 4.21. The molecule has 0 radical (unpaired) electrons. The average Bonchev–Trinajstić information content (AvgIpc) is 2.84. The first-order valence-electron chi connectivity index (χ1n) is 10.3. The van der Waals surface area contributed by atoms with Crippen LogP contribution in [0, 0.1) is 0 Å². The minimum atomic E-state index is -3.94. The van der Waals surface area contributed by atoms with Gasteiger partial charge in [0.05, 0.1) is 24.9 Å². The van der Waals surface area contributed by atoms with Gasteiger partial charge in [-0.3, -0.25) is 4.98 Å². The van der Waals surface area contributed by atoms with Crippen LogP contribution in [0.1, 0.15) is 29.8 Å². The summed E-state index contributed by atoms with van der Waals surface area (Å²) in [5.41, 5.74) is 1.82. The minimum Gasteiger partial charge on any atom is -0.497 e. The molecular formula is C24H27ClN2O5S. The van der Waals surface area contributed by atoms with E-state index in [2.05, 4.69) is 4.98 Å². The Morgan fingerprint density at radius 3 is 1.79 bits per heavy atom. The van der Waals surface area contributed by atoms with Gasteiger partial charge in [-0.05, 0) is 54.4 Å². The van der Waals surface area contributed by atoms with Crippen LogP contribution in [0.15, 0.2) is 66.9 Å². The van der Waals surface area contributed by atoms with Crippen molar-refractivity contribution >= 4 is 21.6 Å². The molecule has 3 rings (SSSR count). The van der Waals surface area contributed by atoms with E-state index < -0.39 is 21.4 Å². The molecule has 0 saturated heterocycles. The Kier molecular flexibility index (Phi) is 8.31. The third-order valence-electron chi connectivity index (χ3n) is 5.36. The van der Waals surface area contributed by atoms with Crippen LogP contribution in [0.3, 0.4) is 0 Å². The summed E-state index contributed by atoms with van der Waals surface area (Å²) in [5.74, 6) is 1.36. The fraction of sp³-hybridized carbons (Fsp3) is 0.292. The lowest BCUT2D eigenvalue weighted by Crippen LogP contribution is -2.39. The molecule has 176 valence electrons. The smallest absolute Gasteiger partial charge is 0.220 e. The molecule has 0 aliphatic carbocycles. The normalized spacial score (nSPS) is 13.5. The third kappa shape index (κ3) is 6.23. The van der Waals surface area contributed by atoms with Gasteiger partial charge in [-0.1, -0.05) is 35.9 Å². The van der Waals surface area contributed by atoms with E-state index in [9.17, 15) is 13.5 Å². The number of pyridine rings is 1. The topological polar surface area (TPSA) is 89.0 Å². The number of methoxy groups -OCH3 is 2. The number of aliphatic hydroxyl groups is 1. The van der Waals surface area contributed by atoms with E-state index in [-0.39, 0.29) is 18.8 Å². The Hall–Kier alpha value is -2.65. The van der Waals surface area contributed by atoms with Crippen molar-refractivity contribution in [2.75, 3.05) is 14.2 Å². The molecule has 0 aliphatic heterocycles. The molecule has 1 aromatic heterocycles. The third-order valence-corrected chi connectivity index (χ3v) is 7.76. The van der Waals surface area contributed by atoms with Gasteiger partial charge in [0, 0.05) is 19.3 Å². The van der Waals surface area contributed by atoms with Crippen molar-refractivity contribution in [1.82, 2.24) is 9.29 Å². The van der Waals surface area contributed by atoms with Crippen LogP contribution in [0.25, 0.3) is 0 Å². The van der Waals surface area contributed by atoms with Crippen molar-refractivity contribution in [2.45, 2.75) is 31.4 Å². The van der Waals surface area contributed by atoms with Crippen molar-refractivity contribution < 1.29 is 23.0 Å². The maximum absolute atomic E-state index is 13.6. The molecule has 0 fully saturated rings. The van der Waals surface area contributed by atoms with Crippen LogP contribution >= 0.6 is 11.6 Å². The number of ether oxygens (including phenoxy) is 2. The zero-order valence-corrected chi connectivity index (χ0v) is 20.3. The highest BCUT2D eigenvalue weighted by atomic mass is 35.5. The predicted molar refractivity (Wildman–Crippen MR) is 128 cm³/mol.